The number of fused-ring (bicyclic) bond motifs is 2. The van der Waals surface area contributed by atoms with Gasteiger partial charge in [0.05, 0.1) is 11.5 Å². The summed E-state index contributed by atoms with van der Waals surface area (Å²) in [7, 11) is 1.74. The highest BCUT2D eigenvalue weighted by molar-refractivity contribution is 8.09. The van der Waals surface area contributed by atoms with Crippen molar-refractivity contribution in [1.82, 2.24) is 9.88 Å². The Hall–Kier alpha value is -2.60. The van der Waals surface area contributed by atoms with Gasteiger partial charge in [0, 0.05) is 35.2 Å². The van der Waals surface area contributed by atoms with E-state index < -0.39 is 5.54 Å². The molecule has 1 aliphatic carbocycles. The molecule has 0 radical (unpaired) electrons. The minimum absolute atomic E-state index is 0.0433. The number of nitrogens with zero attached hydrogens (tertiary/aromatic N) is 3. The van der Waals surface area contributed by atoms with E-state index >= 15 is 0 Å². The summed E-state index contributed by atoms with van der Waals surface area (Å²) in [5, 5.41) is 0.184. The van der Waals surface area contributed by atoms with Crippen molar-refractivity contribution in [2.75, 3.05) is 7.05 Å². The third kappa shape index (κ3) is 3.27. The first-order valence-electron chi connectivity index (χ1n) is 11.3. The summed E-state index contributed by atoms with van der Waals surface area (Å²) in [6, 6.07) is 10.7. The molecular formula is C26H30N4OS. The van der Waals surface area contributed by atoms with Gasteiger partial charge >= 0.3 is 0 Å². The van der Waals surface area contributed by atoms with E-state index in [1.54, 1.807) is 7.05 Å². The lowest BCUT2D eigenvalue weighted by Gasteiger charge is -2.43. The molecule has 1 fully saturated rings. The van der Waals surface area contributed by atoms with Crippen LogP contribution < -0.4 is 5.73 Å². The zero-order valence-corrected chi connectivity index (χ0v) is 19.9. The van der Waals surface area contributed by atoms with Gasteiger partial charge in [0.25, 0.3) is 0 Å². The molecule has 2 aliphatic heterocycles. The fourth-order valence-corrected chi connectivity index (χ4v) is 7.13. The average Bonchev–Trinajstić information content (AvgIpc) is 3.34. The van der Waals surface area contributed by atoms with Crippen LogP contribution in [-0.2, 0) is 4.79 Å². The van der Waals surface area contributed by atoms with Gasteiger partial charge in [0.2, 0.25) is 5.91 Å². The molecule has 5 rings (SSSR count). The van der Waals surface area contributed by atoms with E-state index in [4.69, 9.17) is 10.7 Å². The number of aliphatic imine (C=N–C) groups is 1. The van der Waals surface area contributed by atoms with Crippen molar-refractivity contribution in [2.45, 2.75) is 56.2 Å². The van der Waals surface area contributed by atoms with E-state index in [-0.39, 0.29) is 17.1 Å². The fourth-order valence-electron chi connectivity index (χ4n) is 5.45. The molecule has 6 heteroatoms. The smallest absolute Gasteiger partial charge is 0.239 e. The third-order valence-corrected chi connectivity index (χ3v) is 8.86. The van der Waals surface area contributed by atoms with Crippen molar-refractivity contribution in [3.05, 3.63) is 71.1 Å². The fraction of sp³-hybridized carbons (Fsp3) is 0.423. The van der Waals surface area contributed by atoms with Crippen molar-refractivity contribution >= 4 is 28.5 Å². The Bertz CT molecular complexity index is 1120. The van der Waals surface area contributed by atoms with Gasteiger partial charge in [-0.15, -0.1) is 11.8 Å². The summed E-state index contributed by atoms with van der Waals surface area (Å²) < 4.78 is 0. The monoisotopic (exact) mass is 446 g/mol. The number of guanidine groups is 1. The molecule has 1 saturated carbocycles. The average molecular weight is 447 g/mol. The number of thioether (sulfide) groups is 1. The molecule has 1 amide bonds. The predicted octanol–water partition coefficient (Wildman–Crippen LogP) is 4.69. The highest BCUT2D eigenvalue weighted by Crippen LogP contribution is 2.60. The molecule has 166 valence electrons. The maximum Gasteiger partial charge on any atom is 0.239 e. The highest BCUT2D eigenvalue weighted by Gasteiger charge is 2.60. The van der Waals surface area contributed by atoms with Crippen LogP contribution in [0.2, 0.25) is 0 Å². The lowest BCUT2D eigenvalue weighted by atomic mass is 9.75. The van der Waals surface area contributed by atoms with Gasteiger partial charge in [-0.05, 0) is 54.4 Å². The maximum absolute atomic E-state index is 13.6. The number of aromatic nitrogens is 1. The number of aryl methyl sites for hydroxylation is 1. The van der Waals surface area contributed by atoms with Crippen LogP contribution in [0.25, 0.3) is 4.91 Å². The number of pyridine rings is 1. The standard InChI is InChI=1S/C26H30N4OS/c1-15(2)17-5-7-18(8-6-17)22-24(31)30(4)25(27)29-26(22)10-9-19-12-21(32-23(19)26)20-11-16(3)13-28-14-20/h5-8,11-15,19,22-23H,9-10H2,1-4H3,(H2,27,29). The van der Waals surface area contributed by atoms with Crippen LogP contribution in [0.4, 0.5) is 0 Å². The lowest BCUT2D eigenvalue weighted by Crippen LogP contribution is -2.57. The maximum atomic E-state index is 13.6. The summed E-state index contributed by atoms with van der Waals surface area (Å²) in [4.78, 5) is 25.9. The summed E-state index contributed by atoms with van der Waals surface area (Å²) in [6.45, 7) is 6.44. The quantitative estimate of drug-likeness (QED) is 0.743. The van der Waals surface area contributed by atoms with Crippen molar-refractivity contribution in [3.63, 3.8) is 0 Å². The number of allylic oxidation sites excluding steroid dienone is 1. The summed E-state index contributed by atoms with van der Waals surface area (Å²) in [5.74, 6) is 0.874. The number of benzene rings is 1. The van der Waals surface area contributed by atoms with Gasteiger partial charge in [-0.3, -0.25) is 14.7 Å². The Balaban J connectivity index is 1.56. The molecule has 4 unspecified atom stereocenters. The molecule has 32 heavy (non-hydrogen) atoms. The van der Waals surface area contributed by atoms with E-state index in [1.165, 1.54) is 15.4 Å². The second kappa shape index (κ2) is 7.77. The van der Waals surface area contributed by atoms with Crippen molar-refractivity contribution in [1.29, 1.82) is 0 Å². The molecule has 1 aromatic heterocycles. The van der Waals surface area contributed by atoms with E-state index in [0.29, 0.717) is 17.8 Å². The Morgan fingerprint density at radius 2 is 1.97 bits per heavy atom. The third-order valence-electron chi connectivity index (χ3n) is 7.22. The van der Waals surface area contributed by atoms with Crippen LogP contribution in [0.15, 0.2) is 53.8 Å². The SMILES string of the molecule is Cc1cncc(C2=CC3CCC4(N=C(N)N(C)C(=O)C4c4ccc(C(C)C)cc4)C3S2)c1. The summed E-state index contributed by atoms with van der Waals surface area (Å²) >= 11 is 1.85. The molecule has 4 atom stereocenters. The largest absolute Gasteiger partial charge is 0.369 e. The van der Waals surface area contributed by atoms with E-state index in [9.17, 15) is 4.79 Å². The normalized spacial score (nSPS) is 29.5. The van der Waals surface area contributed by atoms with Gasteiger partial charge in [0.1, 0.15) is 0 Å². The molecule has 0 bridgehead atoms. The van der Waals surface area contributed by atoms with Gasteiger partial charge in [-0.25, -0.2) is 4.99 Å². The van der Waals surface area contributed by atoms with Crippen LogP contribution in [0.1, 0.15) is 60.8 Å². The number of carbonyl (C=O) groups excluding carboxylic acids is 1. The predicted molar refractivity (Wildman–Crippen MR) is 131 cm³/mol. The number of hydrogen-bond acceptors (Lipinski definition) is 5. The Kier molecular flexibility index (Phi) is 5.16. The minimum Gasteiger partial charge on any atom is -0.369 e. The van der Waals surface area contributed by atoms with E-state index in [2.05, 4.69) is 62.2 Å². The Labute approximate surface area is 194 Å². The minimum atomic E-state index is -0.530. The molecule has 2 aromatic rings. The van der Waals surface area contributed by atoms with E-state index in [0.717, 1.165) is 29.5 Å². The van der Waals surface area contributed by atoms with Crippen molar-refractivity contribution in [2.24, 2.45) is 16.6 Å². The lowest BCUT2D eigenvalue weighted by molar-refractivity contribution is -0.130. The zero-order chi connectivity index (χ0) is 22.6. The van der Waals surface area contributed by atoms with Crippen LogP contribution in [0, 0.1) is 12.8 Å². The van der Waals surface area contributed by atoms with Gasteiger partial charge in [-0.1, -0.05) is 44.2 Å². The molecule has 2 N–H and O–H groups in total. The first kappa shape index (κ1) is 21.3. The first-order valence-corrected chi connectivity index (χ1v) is 12.2. The number of hydrogen-bond donors (Lipinski definition) is 1. The summed E-state index contributed by atoms with van der Waals surface area (Å²) in [6.07, 6.45) is 8.05. The number of carbonyl (C=O) groups is 1. The molecule has 5 nitrogen and oxygen atoms in total. The summed E-state index contributed by atoms with van der Waals surface area (Å²) in [5.41, 5.74) is 10.4. The van der Waals surface area contributed by atoms with Crippen LogP contribution >= 0.6 is 11.8 Å². The first-order chi connectivity index (χ1) is 15.3. The van der Waals surface area contributed by atoms with Crippen LogP contribution in [0.3, 0.4) is 0 Å². The molecule has 1 aromatic carbocycles. The van der Waals surface area contributed by atoms with Crippen molar-refractivity contribution in [3.8, 4) is 0 Å². The molecule has 0 saturated heterocycles. The zero-order valence-electron chi connectivity index (χ0n) is 19.1. The number of rotatable bonds is 3. The second-order valence-electron chi connectivity index (χ2n) is 9.64. The van der Waals surface area contributed by atoms with Crippen molar-refractivity contribution < 1.29 is 4.79 Å². The topological polar surface area (TPSA) is 71.6 Å². The highest BCUT2D eigenvalue weighted by atomic mass is 32.2. The number of amides is 1. The Morgan fingerprint density at radius 3 is 2.66 bits per heavy atom. The molecule has 3 aliphatic rings. The molecule has 3 heterocycles. The van der Waals surface area contributed by atoms with E-state index in [1.807, 2.05) is 24.2 Å². The van der Waals surface area contributed by atoms with Gasteiger partial charge in [-0.2, -0.15) is 0 Å². The Morgan fingerprint density at radius 1 is 1.22 bits per heavy atom. The number of likely N-dealkylation sites (N-methyl/N-ethyl adjacent to an activating group) is 1. The molecular weight excluding hydrogens is 416 g/mol. The number of nitrogens with two attached hydrogens (primary N) is 1. The van der Waals surface area contributed by atoms with Gasteiger partial charge < -0.3 is 5.73 Å². The van der Waals surface area contributed by atoms with Crippen LogP contribution in [0.5, 0.6) is 0 Å². The second-order valence-corrected chi connectivity index (χ2v) is 10.8. The molecule has 1 spiro atoms. The van der Waals surface area contributed by atoms with Gasteiger partial charge in [0.15, 0.2) is 5.96 Å². The van der Waals surface area contributed by atoms with Crippen LogP contribution in [-0.4, -0.2) is 39.6 Å².